The molecule has 2 aliphatic rings. The summed E-state index contributed by atoms with van der Waals surface area (Å²) in [7, 11) is 0. The minimum atomic E-state index is -0.981. The molecule has 6 rings (SSSR count). The average Bonchev–Trinajstić information content (AvgIpc) is 3.69. The van der Waals surface area contributed by atoms with Crippen molar-refractivity contribution in [3.63, 3.8) is 0 Å². The number of β-amino-alcohol motifs (C(OH)–C–C–N with tert-alkyl or cyclic N) is 1. The highest BCUT2D eigenvalue weighted by atomic mass is 35.5. The van der Waals surface area contributed by atoms with Gasteiger partial charge in [0, 0.05) is 65.3 Å². The number of nitrogens with zero attached hydrogens (tertiary/aromatic N) is 4. The number of aliphatic hydroxyl groups excluding tert-OH is 1. The Labute approximate surface area is 391 Å². The van der Waals surface area contributed by atoms with E-state index in [0.717, 1.165) is 5.56 Å². The van der Waals surface area contributed by atoms with Gasteiger partial charge in [-0.3, -0.25) is 19.2 Å². The number of ether oxygens (including phenoxy) is 1. The van der Waals surface area contributed by atoms with E-state index in [9.17, 15) is 29.5 Å². The molecule has 3 atom stereocenters. The standard InChI is InChI=1S/C51H55ClN8O6/c1-49(2,3)44(46(65)60-30-37(61)22-40(60)41(62)28-55-26-33-12-9-32(24-53)10-13-33)58-43(63)29-57-42-21-16-34(27-56-42)11-8-31-14-17-35(18-15-31)45(64)59-47-50(4,5)48(51(47,6)7)66-38-20-19-36(25-54)39(52)23-38/h9-10,12-21,23,27,37,40,44,47-48,55,61H,22,26,28-30H2,1-7H3,(H,56,57)(H,58,63)(H,59,64)/t37-,40+,44-,47?,48?/m1/s1. The molecule has 1 aliphatic carbocycles. The third-order valence-corrected chi connectivity index (χ3v) is 12.5. The van der Waals surface area contributed by atoms with Gasteiger partial charge in [0.2, 0.25) is 11.8 Å². The Morgan fingerprint density at radius 2 is 1.55 bits per heavy atom. The van der Waals surface area contributed by atoms with Gasteiger partial charge >= 0.3 is 0 Å². The summed E-state index contributed by atoms with van der Waals surface area (Å²) in [4.78, 5) is 59.7. The number of likely N-dealkylation sites (tertiary alicyclic amines) is 1. The summed E-state index contributed by atoms with van der Waals surface area (Å²) in [5, 5.41) is 41.2. The first kappa shape index (κ1) is 48.7. The van der Waals surface area contributed by atoms with Crippen molar-refractivity contribution in [1.82, 2.24) is 25.8 Å². The fourth-order valence-electron chi connectivity index (χ4n) is 8.94. The first-order valence-electron chi connectivity index (χ1n) is 21.7. The first-order valence-corrected chi connectivity index (χ1v) is 22.1. The third-order valence-electron chi connectivity index (χ3n) is 12.2. The second-order valence-corrected chi connectivity index (χ2v) is 19.5. The maximum Gasteiger partial charge on any atom is 0.251 e. The Morgan fingerprint density at radius 1 is 0.894 bits per heavy atom. The van der Waals surface area contributed by atoms with Gasteiger partial charge in [-0.15, -0.1) is 0 Å². The van der Waals surface area contributed by atoms with Crippen molar-refractivity contribution in [2.75, 3.05) is 25.0 Å². The van der Waals surface area contributed by atoms with E-state index < -0.39 is 46.2 Å². The number of carbonyl (C=O) groups excluding carboxylic acids is 4. The number of rotatable bonds is 14. The summed E-state index contributed by atoms with van der Waals surface area (Å²) >= 11 is 6.23. The van der Waals surface area contributed by atoms with Gasteiger partial charge in [0.1, 0.15) is 29.8 Å². The molecule has 5 N–H and O–H groups in total. The van der Waals surface area contributed by atoms with Crippen molar-refractivity contribution in [2.45, 2.75) is 91.8 Å². The van der Waals surface area contributed by atoms with Crippen molar-refractivity contribution >= 4 is 40.9 Å². The average molecular weight is 912 g/mol. The second-order valence-electron chi connectivity index (χ2n) is 19.1. The number of halogens is 1. The molecule has 1 aromatic heterocycles. The quantitative estimate of drug-likeness (QED) is 0.0962. The van der Waals surface area contributed by atoms with Crippen molar-refractivity contribution < 1.29 is 29.0 Å². The second kappa shape index (κ2) is 20.2. The van der Waals surface area contributed by atoms with E-state index in [2.05, 4.69) is 50.2 Å². The van der Waals surface area contributed by atoms with Crippen LogP contribution in [0.3, 0.4) is 0 Å². The first-order chi connectivity index (χ1) is 31.2. The number of ketones is 1. The molecular weight excluding hydrogens is 856 g/mol. The SMILES string of the molecule is CC1(C)C(NC(=O)c2ccc(C#Cc3ccc(NCC(=O)N[C@H](C(=O)N4C[C@H](O)C[C@H]4C(=O)CNCc4ccc(C#N)cc4)C(C)(C)C)nc3)cc2)C(C)(C)C1Oc1ccc(C#N)c(Cl)c1. The topological polar surface area (TPSA) is 210 Å². The van der Waals surface area contributed by atoms with Crippen LogP contribution >= 0.6 is 11.6 Å². The third kappa shape index (κ3) is 11.4. The van der Waals surface area contributed by atoms with Crippen LogP contribution < -0.4 is 26.0 Å². The highest BCUT2D eigenvalue weighted by Crippen LogP contribution is 2.55. The van der Waals surface area contributed by atoms with Crippen LogP contribution in [0.1, 0.15) is 93.1 Å². The number of anilines is 1. The van der Waals surface area contributed by atoms with Crippen LogP contribution in [0.4, 0.5) is 5.82 Å². The van der Waals surface area contributed by atoms with Gasteiger partial charge in [0.05, 0.1) is 47.5 Å². The smallest absolute Gasteiger partial charge is 0.251 e. The minimum Gasteiger partial charge on any atom is -0.489 e. The van der Waals surface area contributed by atoms with Crippen LogP contribution in [0.25, 0.3) is 0 Å². The largest absolute Gasteiger partial charge is 0.489 e. The number of aliphatic hydroxyl groups is 1. The Kier molecular flexibility index (Phi) is 14.9. The lowest BCUT2D eigenvalue weighted by molar-refractivity contribution is -0.164. The number of hydrogen-bond donors (Lipinski definition) is 5. The molecule has 342 valence electrons. The minimum absolute atomic E-state index is 0.0247. The summed E-state index contributed by atoms with van der Waals surface area (Å²) in [5.41, 5.74) is 2.08. The zero-order valence-corrected chi connectivity index (χ0v) is 38.9. The Balaban J connectivity index is 0.980. The van der Waals surface area contributed by atoms with Crippen molar-refractivity contribution in [2.24, 2.45) is 16.2 Å². The lowest BCUT2D eigenvalue weighted by atomic mass is 9.49. The fourth-order valence-corrected chi connectivity index (χ4v) is 9.15. The predicted molar refractivity (Wildman–Crippen MR) is 250 cm³/mol. The fraction of sp³-hybridized carbons (Fsp3) is 0.392. The molecule has 0 radical (unpaired) electrons. The molecule has 4 aromatic rings. The molecule has 66 heavy (non-hydrogen) atoms. The number of nitriles is 2. The molecule has 2 fully saturated rings. The van der Waals surface area contributed by atoms with Gasteiger partial charge in [-0.1, -0.05) is 84.0 Å². The number of benzene rings is 3. The zero-order valence-electron chi connectivity index (χ0n) is 38.2. The number of pyridine rings is 1. The van der Waals surface area contributed by atoms with Crippen LogP contribution in [0.5, 0.6) is 5.75 Å². The summed E-state index contributed by atoms with van der Waals surface area (Å²) < 4.78 is 6.34. The number of nitrogens with one attached hydrogen (secondary N) is 4. The maximum atomic E-state index is 14.0. The number of aromatic nitrogens is 1. The molecule has 0 bridgehead atoms. The van der Waals surface area contributed by atoms with Gasteiger partial charge in [-0.05, 0) is 71.6 Å². The Hall–Kier alpha value is -6.76. The summed E-state index contributed by atoms with van der Waals surface area (Å²) in [5.74, 6) is 5.77. The van der Waals surface area contributed by atoms with Crippen LogP contribution in [0.15, 0.2) is 85.1 Å². The van der Waals surface area contributed by atoms with Gasteiger partial charge in [0.25, 0.3) is 5.91 Å². The van der Waals surface area contributed by atoms with Crippen molar-refractivity contribution in [1.29, 1.82) is 10.5 Å². The molecule has 1 aliphatic heterocycles. The van der Waals surface area contributed by atoms with Crippen molar-refractivity contribution in [3.8, 4) is 29.7 Å². The predicted octanol–water partition coefficient (Wildman–Crippen LogP) is 5.75. The number of amides is 3. The highest BCUT2D eigenvalue weighted by Gasteiger charge is 2.64. The summed E-state index contributed by atoms with van der Waals surface area (Å²) in [6.45, 7) is 13.8. The zero-order chi connectivity index (χ0) is 48.0. The molecule has 15 heteroatoms. The lowest BCUT2D eigenvalue weighted by Gasteiger charge is -2.63. The normalized spacial score (nSPS) is 19.7. The number of carbonyl (C=O) groups is 4. The van der Waals surface area contributed by atoms with Gasteiger partial charge in [-0.25, -0.2) is 4.98 Å². The molecular formula is C51H55ClN8O6. The Morgan fingerprint density at radius 3 is 2.15 bits per heavy atom. The van der Waals surface area contributed by atoms with Crippen LogP contribution in [-0.2, 0) is 20.9 Å². The maximum absolute atomic E-state index is 14.0. The molecule has 1 saturated carbocycles. The molecule has 3 aromatic carbocycles. The number of hydrogen-bond acceptors (Lipinski definition) is 11. The highest BCUT2D eigenvalue weighted by molar-refractivity contribution is 6.31. The van der Waals surface area contributed by atoms with E-state index in [1.54, 1.807) is 85.1 Å². The molecule has 1 saturated heterocycles. The molecule has 14 nitrogen and oxygen atoms in total. The van der Waals surface area contributed by atoms with Crippen molar-refractivity contribution in [3.05, 3.63) is 123 Å². The van der Waals surface area contributed by atoms with E-state index in [4.69, 9.17) is 21.6 Å². The van der Waals surface area contributed by atoms with Gasteiger partial charge in [0.15, 0.2) is 5.78 Å². The van der Waals surface area contributed by atoms with Crippen LogP contribution in [0.2, 0.25) is 5.02 Å². The van der Waals surface area contributed by atoms with E-state index in [0.29, 0.717) is 51.0 Å². The van der Waals surface area contributed by atoms with Gasteiger partial charge in [-0.2, -0.15) is 10.5 Å². The summed E-state index contributed by atoms with van der Waals surface area (Å²) in [6, 6.07) is 24.5. The van der Waals surface area contributed by atoms with Crippen LogP contribution in [0, 0.1) is 50.7 Å². The number of Topliss-reactive ketones (excluding diaryl/α,β-unsaturated/α-hetero) is 1. The monoisotopic (exact) mass is 910 g/mol. The Bertz CT molecular complexity index is 2580. The lowest BCUT2D eigenvalue weighted by Crippen LogP contribution is -2.74. The van der Waals surface area contributed by atoms with E-state index in [1.807, 2.05) is 48.5 Å². The summed E-state index contributed by atoms with van der Waals surface area (Å²) in [6.07, 6.45) is 0.564. The van der Waals surface area contributed by atoms with E-state index in [1.165, 1.54) is 4.90 Å². The molecule has 0 unspecified atom stereocenters. The molecule has 2 heterocycles. The van der Waals surface area contributed by atoms with Gasteiger partial charge < -0.3 is 36.0 Å². The molecule has 0 spiro atoms. The molecule has 3 amide bonds. The van der Waals surface area contributed by atoms with E-state index in [-0.39, 0.29) is 49.9 Å². The van der Waals surface area contributed by atoms with E-state index >= 15 is 0 Å². The van der Waals surface area contributed by atoms with Crippen LogP contribution in [-0.4, -0.2) is 88.5 Å².